The zero-order chi connectivity index (χ0) is 14.0. The van der Waals surface area contributed by atoms with Crippen molar-refractivity contribution in [2.45, 2.75) is 6.92 Å². The molecule has 2 rings (SSSR count). The Labute approximate surface area is 107 Å². The maximum Gasteiger partial charge on any atom is 0.337 e. The molecular weight excluding hydrogens is 253 g/mol. The molecule has 0 aliphatic carbocycles. The van der Waals surface area contributed by atoms with Crippen molar-refractivity contribution in [3.63, 3.8) is 0 Å². The van der Waals surface area contributed by atoms with Gasteiger partial charge < -0.3 is 14.8 Å². The van der Waals surface area contributed by atoms with Gasteiger partial charge in [0.15, 0.2) is 5.76 Å². The van der Waals surface area contributed by atoms with Gasteiger partial charge in [0.2, 0.25) is 0 Å². The summed E-state index contributed by atoms with van der Waals surface area (Å²) in [6, 6.07) is 6.08. The fourth-order valence-electron chi connectivity index (χ4n) is 1.55. The number of carboxylic acid groups (broad SMARTS) is 1. The molecule has 0 bridgehead atoms. The maximum absolute atomic E-state index is 13.1. The fraction of sp³-hybridized carbons (Fsp3) is 0.0769. The molecule has 1 aromatic carbocycles. The Balaban J connectivity index is 2.30. The van der Waals surface area contributed by atoms with Gasteiger partial charge in [-0.2, -0.15) is 0 Å². The van der Waals surface area contributed by atoms with E-state index in [1.165, 1.54) is 6.07 Å². The minimum Gasteiger partial charge on any atom is -0.478 e. The van der Waals surface area contributed by atoms with E-state index in [-0.39, 0.29) is 17.0 Å². The summed E-state index contributed by atoms with van der Waals surface area (Å²) < 4.78 is 18.2. The third-order valence-electron chi connectivity index (χ3n) is 2.42. The fourth-order valence-corrected chi connectivity index (χ4v) is 1.55. The zero-order valence-corrected chi connectivity index (χ0v) is 9.94. The molecule has 19 heavy (non-hydrogen) atoms. The van der Waals surface area contributed by atoms with Crippen molar-refractivity contribution >= 4 is 17.6 Å². The van der Waals surface area contributed by atoms with Gasteiger partial charge >= 0.3 is 5.97 Å². The summed E-state index contributed by atoms with van der Waals surface area (Å²) in [4.78, 5) is 22.8. The number of hydrogen-bond donors (Lipinski definition) is 2. The first-order valence-corrected chi connectivity index (χ1v) is 5.38. The summed E-state index contributed by atoms with van der Waals surface area (Å²) in [7, 11) is 0. The normalized spacial score (nSPS) is 10.2. The molecule has 0 aliphatic rings. The quantitative estimate of drug-likeness (QED) is 0.892. The van der Waals surface area contributed by atoms with Crippen LogP contribution in [0.5, 0.6) is 0 Å². The van der Waals surface area contributed by atoms with E-state index in [0.29, 0.717) is 5.76 Å². The average Bonchev–Trinajstić information content (AvgIpc) is 2.75. The topological polar surface area (TPSA) is 79.5 Å². The molecule has 5 nitrogen and oxygen atoms in total. The third kappa shape index (κ3) is 2.79. The molecule has 0 unspecified atom stereocenters. The van der Waals surface area contributed by atoms with Crippen molar-refractivity contribution in [1.29, 1.82) is 0 Å². The molecular formula is C13H10FNO4. The lowest BCUT2D eigenvalue weighted by Gasteiger charge is -2.07. The van der Waals surface area contributed by atoms with Crippen molar-refractivity contribution in [2.75, 3.05) is 5.32 Å². The van der Waals surface area contributed by atoms with Gasteiger partial charge in [-0.05, 0) is 37.3 Å². The Kier molecular flexibility index (Phi) is 3.33. The highest BCUT2D eigenvalue weighted by molar-refractivity contribution is 6.06. The molecule has 0 fully saturated rings. The van der Waals surface area contributed by atoms with Crippen LogP contribution in [0.3, 0.4) is 0 Å². The van der Waals surface area contributed by atoms with Gasteiger partial charge in [-0.15, -0.1) is 0 Å². The highest BCUT2D eigenvalue weighted by Crippen LogP contribution is 2.19. The van der Waals surface area contributed by atoms with E-state index in [1.807, 2.05) is 0 Å². The third-order valence-corrected chi connectivity index (χ3v) is 2.42. The molecule has 6 heteroatoms. The summed E-state index contributed by atoms with van der Waals surface area (Å²) in [6.45, 7) is 1.67. The van der Waals surface area contributed by atoms with Gasteiger partial charge in [0.25, 0.3) is 5.91 Å². The minimum atomic E-state index is -1.26. The van der Waals surface area contributed by atoms with Crippen molar-refractivity contribution in [3.05, 3.63) is 53.2 Å². The van der Waals surface area contributed by atoms with Crippen molar-refractivity contribution in [3.8, 4) is 0 Å². The van der Waals surface area contributed by atoms with Crippen molar-refractivity contribution in [2.24, 2.45) is 0 Å². The Morgan fingerprint density at radius 3 is 2.58 bits per heavy atom. The number of furan rings is 1. The highest BCUT2D eigenvalue weighted by Gasteiger charge is 2.16. The van der Waals surface area contributed by atoms with E-state index in [4.69, 9.17) is 9.52 Å². The van der Waals surface area contributed by atoms with Crippen LogP contribution in [-0.2, 0) is 0 Å². The molecule has 2 aromatic rings. The van der Waals surface area contributed by atoms with Gasteiger partial charge in [0.05, 0.1) is 11.3 Å². The molecule has 0 saturated carbocycles. The molecule has 0 saturated heterocycles. The van der Waals surface area contributed by atoms with Crippen LogP contribution < -0.4 is 5.32 Å². The minimum absolute atomic E-state index is 0.0260. The lowest BCUT2D eigenvalue weighted by atomic mass is 10.1. The van der Waals surface area contributed by atoms with Crippen LogP contribution in [0, 0.1) is 12.7 Å². The summed E-state index contributed by atoms with van der Waals surface area (Å²) in [6.07, 6.45) is 0. The smallest absolute Gasteiger partial charge is 0.337 e. The predicted molar refractivity (Wildman–Crippen MR) is 64.8 cm³/mol. The van der Waals surface area contributed by atoms with E-state index in [2.05, 4.69) is 5.32 Å². The monoisotopic (exact) mass is 263 g/mol. The summed E-state index contributed by atoms with van der Waals surface area (Å²) in [5.41, 5.74) is -0.315. The highest BCUT2D eigenvalue weighted by atomic mass is 19.1. The van der Waals surface area contributed by atoms with Crippen LogP contribution >= 0.6 is 0 Å². The maximum atomic E-state index is 13.1. The Morgan fingerprint density at radius 1 is 1.26 bits per heavy atom. The van der Waals surface area contributed by atoms with Gasteiger partial charge in [-0.25, -0.2) is 9.18 Å². The van der Waals surface area contributed by atoms with Gasteiger partial charge in [0.1, 0.15) is 11.6 Å². The van der Waals surface area contributed by atoms with E-state index < -0.39 is 17.7 Å². The second kappa shape index (κ2) is 4.93. The summed E-state index contributed by atoms with van der Waals surface area (Å²) in [5, 5.41) is 11.3. The second-order valence-electron chi connectivity index (χ2n) is 3.86. The number of carbonyl (C=O) groups is 2. The number of carbonyl (C=O) groups excluding carboxylic acids is 1. The first-order chi connectivity index (χ1) is 8.97. The number of hydrogen-bond acceptors (Lipinski definition) is 3. The number of aromatic carboxylic acids is 1. The van der Waals surface area contributed by atoms with E-state index in [9.17, 15) is 14.0 Å². The Bertz CT molecular complexity index is 648. The molecule has 0 spiro atoms. The molecule has 1 amide bonds. The van der Waals surface area contributed by atoms with Crippen LogP contribution in [0.1, 0.15) is 26.7 Å². The lowest BCUT2D eigenvalue weighted by molar-refractivity contribution is 0.0698. The Morgan fingerprint density at radius 2 is 2.00 bits per heavy atom. The second-order valence-corrected chi connectivity index (χ2v) is 3.86. The van der Waals surface area contributed by atoms with E-state index >= 15 is 0 Å². The zero-order valence-electron chi connectivity index (χ0n) is 9.94. The van der Waals surface area contributed by atoms with E-state index in [1.54, 1.807) is 13.0 Å². The molecule has 98 valence electrons. The number of halogens is 1. The number of carboxylic acids is 1. The summed E-state index contributed by atoms with van der Waals surface area (Å²) in [5.74, 6) is -1.97. The lowest BCUT2D eigenvalue weighted by Crippen LogP contribution is -2.14. The number of nitrogens with one attached hydrogen (secondary N) is 1. The SMILES string of the molecule is Cc1ccc(C(=O)Nc2cc(F)ccc2C(=O)O)o1. The first kappa shape index (κ1) is 12.8. The van der Waals surface area contributed by atoms with E-state index in [0.717, 1.165) is 18.2 Å². The molecule has 0 aliphatic heterocycles. The molecule has 2 N–H and O–H groups in total. The van der Waals surface area contributed by atoms with Crippen LogP contribution in [0.15, 0.2) is 34.7 Å². The molecule has 1 heterocycles. The van der Waals surface area contributed by atoms with Crippen LogP contribution in [0.25, 0.3) is 0 Å². The number of amides is 1. The van der Waals surface area contributed by atoms with Gasteiger partial charge in [0, 0.05) is 0 Å². The van der Waals surface area contributed by atoms with Crippen LogP contribution in [0.4, 0.5) is 10.1 Å². The Hall–Kier alpha value is -2.63. The van der Waals surface area contributed by atoms with Crippen molar-refractivity contribution < 1.29 is 23.5 Å². The van der Waals surface area contributed by atoms with Crippen LogP contribution in [0.2, 0.25) is 0 Å². The van der Waals surface area contributed by atoms with Crippen molar-refractivity contribution in [1.82, 2.24) is 0 Å². The number of rotatable bonds is 3. The largest absolute Gasteiger partial charge is 0.478 e. The molecule has 0 radical (unpaired) electrons. The average molecular weight is 263 g/mol. The molecule has 1 aromatic heterocycles. The number of benzene rings is 1. The predicted octanol–water partition coefficient (Wildman–Crippen LogP) is 2.68. The van der Waals surface area contributed by atoms with Crippen LogP contribution in [-0.4, -0.2) is 17.0 Å². The number of anilines is 1. The standard InChI is InChI=1S/C13H10FNO4/c1-7-2-5-11(19-7)12(16)15-10-6-8(14)3-4-9(10)13(17)18/h2-6H,1H3,(H,15,16)(H,17,18). The first-order valence-electron chi connectivity index (χ1n) is 5.38. The van der Waals surface area contributed by atoms with Gasteiger partial charge in [-0.1, -0.05) is 0 Å². The number of aryl methyl sites for hydroxylation is 1. The summed E-state index contributed by atoms with van der Waals surface area (Å²) >= 11 is 0. The molecule has 0 atom stereocenters. The van der Waals surface area contributed by atoms with Gasteiger partial charge in [-0.3, -0.25) is 4.79 Å².